The van der Waals surface area contributed by atoms with Gasteiger partial charge in [-0.25, -0.2) is 0 Å². The molecule has 1 aliphatic carbocycles. The Labute approximate surface area is 106 Å². The number of hydrogen-bond acceptors (Lipinski definition) is 0. The zero-order valence-corrected chi connectivity index (χ0v) is 11.5. The predicted molar refractivity (Wildman–Crippen MR) is 76.3 cm³/mol. The zero-order valence-electron chi connectivity index (χ0n) is 11.5. The molecule has 1 aromatic carbocycles. The minimum absolute atomic E-state index is 0.727. The van der Waals surface area contributed by atoms with Crippen molar-refractivity contribution in [1.29, 1.82) is 0 Å². The minimum atomic E-state index is 0.727. The normalized spacial score (nSPS) is 17.1. The average molecular weight is 228 g/mol. The van der Waals surface area contributed by atoms with Crippen LogP contribution in [0.2, 0.25) is 0 Å². The molecule has 1 saturated carbocycles. The van der Waals surface area contributed by atoms with Gasteiger partial charge in [0.15, 0.2) is 0 Å². The van der Waals surface area contributed by atoms with E-state index in [0.29, 0.717) is 0 Å². The SMILES string of the molecule is C=C(c1cc(C)c(C)c(C)c1)C1CCCCC1. The van der Waals surface area contributed by atoms with Crippen LogP contribution in [-0.4, -0.2) is 0 Å². The van der Waals surface area contributed by atoms with E-state index in [9.17, 15) is 0 Å². The fourth-order valence-corrected chi connectivity index (χ4v) is 2.91. The number of allylic oxidation sites excluding steroid dienone is 1. The molecule has 0 saturated heterocycles. The molecule has 1 aromatic rings. The largest absolute Gasteiger partial charge is 0.0950 e. The van der Waals surface area contributed by atoms with Crippen molar-refractivity contribution in [3.63, 3.8) is 0 Å². The number of aryl methyl sites for hydroxylation is 2. The number of benzene rings is 1. The van der Waals surface area contributed by atoms with Crippen LogP contribution in [-0.2, 0) is 0 Å². The third-order valence-electron chi connectivity index (χ3n) is 4.40. The van der Waals surface area contributed by atoms with Crippen molar-refractivity contribution in [3.05, 3.63) is 41.0 Å². The standard InChI is InChI=1S/C17H24/c1-12-10-17(11-13(2)14(12)3)15(4)16-8-6-5-7-9-16/h10-11,16H,4-9H2,1-3H3. The Balaban J connectivity index is 2.24. The van der Waals surface area contributed by atoms with E-state index < -0.39 is 0 Å². The third kappa shape index (κ3) is 2.62. The Morgan fingerprint density at radius 2 is 1.53 bits per heavy atom. The van der Waals surface area contributed by atoms with Crippen LogP contribution in [0.4, 0.5) is 0 Å². The van der Waals surface area contributed by atoms with E-state index in [-0.39, 0.29) is 0 Å². The van der Waals surface area contributed by atoms with Gasteiger partial charge in [0.2, 0.25) is 0 Å². The highest BCUT2D eigenvalue weighted by Crippen LogP contribution is 2.35. The summed E-state index contributed by atoms with van der Waals surface area (Å²) in [5, 5.41) is 0. The van der Waals surface area contributed by atoms with Crippen LogP contribution < -0.4 is 0 Å². The van der Waals surface area contributed by atoms with Gasteiger partial charge in [0, 0.05) is 0 Å². The molecule has 0 spiro atoms. The van der Waals surface area contributed by atoms with E-state index in [1.165, 1.54) is 59.9 Å². The highest BCUT2D eigenvalue weighted by molar-refractivity contribution is 5.67. The molecule has 0 heterocycles. The summed E-state index contributed by atoms with van der Waals surface area (Å²) in [5.74, 6) is 0.727. The fraction of sp³-hybridized carbons (Fsp3) is 0.529. The summed E-state index contributed by atoms with van der Waals surface area (Å²) in [4.78, 5) is 0. The molecular weight excluding hydrogens is 204 g/mol. The minimum Gasteiger partial charge on any atom is -0.0950 e. The van der Waals surface area contributed by atoms with E-state index in [1.807, 2.05) is 0 Å². The second-order valence-electron chi connectivity index (χ2n) is 5.60. The first-order chi connectivity index (χ1) is 8.09. The molecule has 0 N–H and O–H groups in total. The summed E-state index contributed by atoms with van der Waals surface area (Å²) < 4.78 is 0. The molecule has 0 heteroatoms. The lowest BCUT2D eigenvalue weighted by Crippen LogP contribution is -2.08. The average Bonchev–Trinajstić information content (AvgIpc) is 2.35. The maximum absolute atomic E-state index is 4.36. The smallest absolute Gasteiger partial charge is 0.0162 e. The first-order valence-corrected chi connectivity index (χ1v) is 6.86. The van der Waals surface area contributed by atoms with Crippen LogP contribution in [0.15, 0.2) is 18.7 Å². The summed E-state index contributed by atoms with van der Waals surface area (Å²) in [5.41, 5.74) is 6.97. The zero-order chi connectivity index (χ0) is 12.4. The monoisotopic (exact) mass is 228 g/mol. The van der Waals surface area contributed by atoms with Crippen molar-refractivity contribution in [3.8, 4) is 0 Å². The van der Waals surface area contributed by atoms with Crippen molar-refractivity contribution in [2.75, 3.05) is 0 Å². The first-order valence-electron chi connectivity index (χ1n) is 6.86. The molecule has 0 aliphatic heterocycles. The molecule has 0 aromatic heterocycles. The topological polar surface area (TPSA) is 0 Å². The molecular formula is C17H24. The highest BCUT2D eigenvalue weighted by atomic mass is 14.2. The van der Waals surface area contributed by atoms with Gasteiger partial charge in [0.1, 0.15) is 0 Å². The van der Waals surface area contributed by atoms with Gasteiger partial charge in [-0.15, -0.1) is 0 Å². The quantitative estimate of drug-likeness (QED) is 0.652. The second-order valence-corrected chi connectivity index (χ2v) is 5.60. The first kappa shape index (κ1) is 12.4. The Morgan fingerprint density at radius 1 is 1.00 bits per heavy atom. The van der Waals surface area contributed by atoms with E-state index in [2.05, 4.69) is 39.5 Å². The fourth-order valence-electron chi connectivity index (χ4n) is 2.91. The summed E-state index contributed by atoms with van der Waals surface area (Å²) in [6.07, 6.45) is 6.85. The van der Waals surface area contributed by atoms with E-state index in [1.54, 1.807) is 0 Å². The molecule has 17 heavy (non-hydrogen) atoms. The molecule has 0 unspecified atom stereocenters. The molecule has 2 rings (SSSR count). The van der Waals surface area contributed by atoms with Gasteiger partial charge in [-0.3, -0.25) is 0 Å². The van der Waals surface area contributed by atoms with Gasteiger partial charge in [-0.2, -0.15) is 0 Å². The molecule has 0 radical (unpaired) electrons. The van der Waals surface area contributed by atoms with Gasteiger partial charge in [-0.1, -0.05) is 38.0 Å². The maximum atomic E-state index is 4.36. The lowest BCUT2D eigenvalue weighted by atomic mass is 9.81. The Morgan fingerprint density at radius 3 is 2.06 bits per heavy atom. The summed E-state index contributed by atoms with van der Waals surface area (Å²) in [6, 6.07) is 4.64. The van der Waals surface area contributed by atoms with E-state index in [4.69, 9.17) is 0 Å². The van der Waals surface area contributed by atoms with Crippen molar-refractivity contribution >= 4 is 5.57 Å². The van der Waals surface area contributed by atoms with Crippen molar-refractivity contribution in [1.82, 2.24) is 0 Å². The predicted octanol–water partition coefficient (Wildman–Crippen LogP) is 5.21. The van der Waals surface area contributed by atoms with Crippen LogP contribution in [0.25, 0.3) is 5.57 Å². The van der Waals surface area contributed by atoms with Crippen LogP contribution in [0.5, 0.6) is 0 Å². The molecule has 0 atom stereocenters. The summed E-state index contributed by atoms with van der Waals surface area (Å²) in [7, 11) is 0. The van der Waals surface area contributed by atoms with Crippen LogP contribution in [0.3, 0.4) is 0 Å². The maximum Gasteiger partial charge on any atom is -0.0162 e. The Hall–Kier alpha value is -1.04. The summed E-state index contributed by atoms with van der Waals surface area (Å²) >= 11 is 0. The van der Waals surface area contributed by atoms with Crippen LogP contribution >= 0.6 is 0 Å². The number of rotatable bonds is 2. The van der Waals surface area contributed by atoms with Gasteiger partial charge in [0.25, 0.3) is 0 Å². The van der Waals surface area contributed by atoms with Crippen molar-refractivity contribution in [2.24, 2.45) is 5.92 Å². The molecule has 0 bridgehead atoms. The van der Waals surface area contributed by atoms with E-state index >= 15 is 0 Å². The van der Waals surface area contributed by atoms with Crippen LogP contribution in [0.1, 0.15) is 54.4 Å². The van der Waals surface area contributed by atoms with Gasteiger partial charge < -0.3 is 0 Å². The molecule has 92 valence electrons. The van der Waals surface area contributed by atoms with E-state index in [0.717, 1.165) is 5.92 Å². The highest BCUT2D eigenvalue weighted by Gasteiger charge is 2.18. The molecule has 1 fully saturated rings. The lowest BCUT2D eigenvalue weighted by molar-refractivity contribution is 0.430. The van der Waals surface area contributed by atoms with Gasteiger partial charge >= 0.3 is 0 Å². The van der Waals surface area contributed by atoms with Crippen molar-refractivity contribution in [2.45, 2.75) is 52.9 Å². The third-order valence-corrected chi connectivity index (χ3v) is 4.40. The second kappa shape index (κ2) is 5.08. The van der Waals surface area contributed by atoms with Gasteiger partial charge in [0.05, 0.1) is 0 Å². The lowest BCUT2D eigenvalue weighted by Gasteiger charge is -2.24. The molecule has 1 aliphatic rings. The van der Waals surface area contributed by atoms with Crippen LogP contribution in [0, 0.1) is 26.7 Å². The Bertz CT molecular complexity index is 397. The Kier molecular flexibility index (Phi) is 3.71. The van der Waals surface area contributed by atoms with Gasteiger partial charge in [-0.05, 0) is 67.4 Å². The van der Waals surface area contributed by atoms with Crippen molar-refractivity contribution < 1.29 is 0 Å². The molecule has 0 amide bonds. The summed E-state index contributed by atoms with van der Waals surface area (Å²) in [6.45, 7) is 11.0. The molecule has 0 nitrogen and oxygen atoms in total. The number of hydrogen-bond donors (Lipinski definition) is 0.